The van der Waals surface area contributed by atoms with Crippen LogP contribution >= 0.6 is 11.6 Å². The zero-order chi connectivity index (χ0) is 24.6. The topological polar surface area (TPSA) is 136 Å². The molecule has 3 aromatic heterocycles. The summed E-state index contributed by atoms with van der Waals surface area (Å²) in [7, 11) is 1.62. The molecular weight excluding hydrogens is 458 g/mol. The Morgan fingerprint density at radius 1 is 1.18 bits per heavy atom. The second-order valence-corrected chi connectivity index (χ2v) is 9.28. The molecule has 4 rings (SSSR count). The molecule has 3 heterocycles. The van der Waals surface area contributed by atoms with Gasteiger partial charge >= 0.3 is 0 Å². The van der Waals surface area contributed by atoms with E-state index in [2.05, 4.69) is 9.97 Å². The van der Waals surface area contributed by atoms with Gasteiger partial charge in [0.15, 0.2) is 5.65 Å². The van der Waals surface area contributed by atoms with Crippen LogP contribution in [0, 0.1) is 0 Å². The molecule has 34 heavy (non-hydrogen) atoms. The van der Waals surface area contributed by atoms with Gasteiger partial charge in [-0.15, -0.1) is 0 Å². The smallest absolute Gasteiger partial charge is 0.248 e. The zero-order valence-corrected chi connectivity index (χ0v) is 20.4. The highest BCUT2D eigenvalue weighted by Crippen LogP contribution is 2.41. The predicted molar refractivity (Wildman–Crippen MR) is 132 cm³/mol. The molecule has 0 aliphatic carbocycles. The van der Waals surface area contributed by atoms with Crippen LogP contribution in [0.2, 0.25) is 5.02 Å². The lowest BCUT2D eigenvalue weighted by atomic mass is 10.1. The number of carbonyl (C=O) groups excluding carboxylic acids is 1. The summed E-state index contributed by atoms with van der Waals surface area (Å²) in [6.45, 7) is 7.86. The summed E-state index contributed by atoms with van der Waals surface area (Å²) >= 11 is 6.94. The van der Waals surface area contributed by atoms with Crippen LogP contribution in [0.5, 0.6) is 0 Å². The summed E-state index contributed by atoms with van der Waals surface area (Å²) in [6, 6.07) is 5.17. The number of ether oxygens (including phenoxy) is 2. The molecular formula is C23H28ClN7O3. The fraction of sp³-hybridized carbons (Fsp3) is 0.391. The van der Waals surface area contributed by atoms with Crippen LogP contribution in [-0.2, 0) is 21.6 Å². The van der Waals surface area contributed by atoms with Crippen LogP contribution < -0.4 is 11.5 Å². The van der Waals surface area contributed by atoms with Crippen molar-refractivity contribution in [3.05, 3.63) is 35.1 Å². The monoisotopic (exact) mass is 485 g/mol. The second kappa shape index (κ2) is 9.21. The highest BCUT2D eigenvalue weighted by Gasteiger charge is 2.28. The van der Waals surface area contributed by atoms with Gasteiger partial charge in [0.25, 0.3) is 0 Å². The molecule has 1 amide bonds. The van der Waals surface area contributed by atoms with Gasteiger partial charge in [-0.3, -0.25) is 4.79 Å². The Balaban J connectivity index is 1.98. The van der Waals surface area contributed by atoms with Gasteiger partial charge in [0.1, 0.15) is 17.8 Å². The Kier molecular flexibility index (Phi) is 6.48. The van der Waals surface area contributed by atoms with Crippen molar-refractivity contribution in [3.8, 4) is 11.4 Å². The third-order valence-corrected chi connectivity index (χ3v) is 5.91. The van der Waals surface area contributed by atoms with E-state index in [-0.39, 0.29) is 5.54 Å². The van der Waals surface area contributed by atoms with Crippen molar-refractivity contribution in [2.45, 2.75) is 32.9 Å². The van der Waals surface area contributed by atoms with Crippen molar-refractivity contribution in [1.29, 1.82) is 0 Å². The fourth-order valence-corrected chi connectivity index (χ4v) is 4.28. The van der Waals surface area contributed by atoms with Crippen molar-refractivity contribution in [2.75, 3.05) is 32.7 Å². The summed E-state index contributed by atoms with van der Waals surface area (Å²) in [5.74, 6) is -0.221. The molecule has 0 saturated carbocycles. The highest BCUT2D eigenvalue weighted by atomic mass is 35.5. The third kappa shape index (κ3) is 4.20. The Morgan fingerprint density at radius 2 is 1.94 bits per heavy atom. The molecule has 0 saturated heterocycles. The van der Waals surface area contributed by atoms with Gasteiger partial charge in [0.05, 0.1) is 47.0 Å². The molecule has 10 nitrogen and oxygen atoms in total. The number of amides is 1. The van der Waals surface area contributed by atoms with Crippen molar-refractivity contribution < 1.29 is 14.3 Å². The number of anilines is 1. The first-order valence-corrected chi connectivity index (χ1v) is 11.2. The maximum atomic E-state index is 11.9. The molecule has 0 aliphatic rings. The number of rotatable bonds is 8. The summed E-state index contributed by atoms with van der Waals surface area (Å²) in [5.41, 5.74) is 14.4. The molecule has 0 fully saturated rings. The summed E-state index contributed by atoms with van der Waals surface area (Å²) < 4.78 is 14.6. The van der Waals surface area contributed by atoms with Gasteiger partial charge in [-0.2, -0.15) is 5.10 Å². The van der Waals surface area contributed by atoms with Crippen LogP contribution in [0.15, 0.2) is 24.5 Å². The second-order valence-electron chi connectivity index (χ2n) is 8.90. The van der Waals surface area contributed by atoms with Gasteiger partial charge in [-0.25, -0.2) is 14.6 Å². The number of aromatic nitrogens is 5. The van der Waals surface area contributed by atoms with Gasteiger partial charge < -0.3 is 25.5 Å². The number of hydrogen-bond donors (Lipinski definition) is 2. The molecule has 0 spiro atoms. The van der Waals surface area contributed by atoms with E-state index in [1.54, 1.807) is 25.3 Å². The Labute approximate surface area is 201 Å². The lowest BCUT2D eigenvalue weighted by Crippen LogP contribution is -2.23. The lowest BCUT2D eigenvalue weighted by Gasteiger charge is -2.19. The number of primary amides is 1. The van der Waals surface area contributed by atoms with Crippen LogP contribution in [0.1, 0.15) is 31.1 Å². The molecule has 0 atom stereocenters. The lowest BCUT2D eigenvalue weighted by molar-refractivity contribution is 0.0671. The minimum atomic E-state index is -0.524. The molecule has 0 radical (unpaired) electrons. The van der Waals surface area contributed by atoms with E-state index in [1.807, 2.05) is 30.0 Å². The van der Waals surface area contributed by atoms with E-state index in [0.29, 0.717) is 65.2 Å². The number of nitrogens with zero attached hydrogens (tertiary/aromatic N) is 5. The van der Waals surface area contributed by atoms with Crippen LogP contribution in [-0.4, -0.2) is 57.2 Å². The van der Waals surface area contributed by atoms with E-state index < -0.39 is 5.91 Å². The normalized spacial score (nSPS) is 12.1. The average molecular weight is 486 g/mol. The largest absolute Gasteiger partial charge is 0.383 e. The number of nitrogens with two attached hydrogens (primary N) is 2. The van der Waals surface area contributed by atoms with Gasteiger partial charge in [-0.05, 0) is 32.9 Å². The van der Waals surface area contributed by atoms with Gasteiger partial charge in [0.2, 0.25) is 5.91 Å². The standard InChI is InChI=1S/C23H28ClN7O3/c1-23(2,3)31-22-16(20(25)27-12-28-22)18(29-31)19-17(24)14-6-5-13(21(26)32)11-15(14)30(19)7-8-34-10-9-33-4/h5-6,11-12H,7-10H2,1-4H3,(H2,26,32)(H2,25,27,28). The molecule has 0 bridgehead atoms. The van der Waals surface area contributed by atoms with Crippen LogP contribution in [0.4, 0.5) is 5.82 Å². The van der Waals surface area contributed by atoms with E-state index in [9.17, 15) is 4.79 Å². The molecule has 1 aromatic carbocycles. The van der Waals surface area contributed by atoms with E-state index in [0.717, 1.165) is 10.9 Å². The summed E-state index contributed by atoms with van der Waals surface area (Å²) in [4.78, 5) is 20.5. The number of halogens is 1. The van der Waals surface area contributed by atoms with Crippen LogP contribution in [0.25, 0.3) is 33.3 Å². The van der Waals surface area contributed by atoms with Crippen molar-refractivity contribution in [2.24, 2.45) is 5.73 Å². The molecule has 4 N–H and O–H groups in total. The Bertz CT molecular complexity index is 1370. The molecule has 11 heteroatoms. The maximum Gasteiger partial charge on any atom is 0.248 e. The Morgan fingerprint density at radius 3 is 2.62 bits per heavy atom. The van der Waals surface area contributed by atoms with E-state index in [1.165, 1.54) is 6.33 Å². The molecule has 180 valence electrons. The summed E-state index contributed by atoms with van der Waals surface area (Å²) in [6.07, 6.45) is 1.42. The minimum Gasteiger partial charge on any atom is -0.383 e. The van der Waals surface area contributed by atoms with Crippen LogP contribution in [0.3, 0.4) is 0 Å². The average Bonchev–Trinajstić information content (AvgIpc) is 3.30. The number of nitrogen functional groups attached to an aromatic ring is 1. The van der Waals surface area contributed by atoms with E-state index in [4.69, 9.17) is 37.6 Å². The third-order valence-electron chi connectivity index (χ3n) is 5.53. The van der Waals surface area contributed by atoms with E-state index >= 15 is 0 Å². The first-order valence-electron chi connectivity index (χ1n) is 10.8. The van der Waals surface area contributed by atoms with Gasteiger partial charge in [-0.1, -0.05) is 17.7 Å². The molecule has 0 unspecified atom stereocenters. The first kappa shape index (κ1) is 23.9. The molecule has 0 aliphatic heterocycles. The zero-order valence-electron chi connectivity index (χ0n) is 19.6. The molecule has 4 aromatic rings. The Hall–Kier alpha value is -3.21. The minimum absolute atomic E-state index is 0.303. The SMILES string of the molecule is COCCOCCn1c(-c2nn(C(C)(C)C)c3ncnc(N)c23)c(Cl)c2ccc(C(N)=O)cc21. The van der Waals surface area contributed by atoms with Gasteiger partial charge in [0, 0.05) is 24.6 Å². The number of carbonyl (C=O) groups is 1. The first-order chi connectivity index (χ1) is 16.1. The predicted octanol–water partition coefficient (Wildman–Crippen LogP) is 3.20. The number of methoxy groups -OCH3 is 1. The highest BCUT2D eigenvalue weighted by molar-refractivity contribution is 6.39. The number of hydrogen-bond acceptors (Lipinski definition) is 7. The quantitative estimate of drug-likeness (QED) is 0.365. The maximum absolute atomic E-state index is 11.9. The number of benzene rings is 1. The van der Waals surface area contributed by atoms with Crippen molar-refractivity contribution >= 4 is 45.3 Å². The van der Waals surface area contributed by atoms with Crippen molar-refractivity contribution in [3.63, 3.8) is 0 Å². The van der Waals surface area contributed by atoms with Crippen molar-refractivity contribution in [1.82, 2.24) is 24.3 Å². The number of fused-ring (bicyclic) bond motifs is 2. The summed E-state index contributed by atoms with van der Waals surface area (Å²) in [5, 5.41) is 6.75. The fourth-order valence-electron chi connectivity index (χ4n) is 3.93.